The lowest BCUT2D eigenvalue weighted by Gasteiger charge is -2.30. The minimum absolute atomic E-state index is 0.00362. The highest BCUT2D eigenvalue weighted by molar-refractivity contribution is 5.83. The number of nitrogens with zero attached hydrogens (tertiary/aromatic N) is 2. The van der Waals surface area contributed by atoms with Gasteiger partial charge in [-0.15, -0.1) is 0 Å². The van der Waals surface area contributed by atoms with E-state index in [0.29, 0.717) is 42.7 Å². The van der Waals surface area contributed by atoms with Crippen molar-refractivity contribution in [3.05, 3.63) is 34.0 Å². The van der Waals surface area contributed by atoms with Crippen molar-refractivity contribution < 1.29 is 13.9 Å². The molecular weight excluding hydrogens is 382 g/mol. The SMILES string of the molecule is CCCc1c(OCCC2CN(C)CCN2)ccc2c(=O)cc(N3CCOCC3)oc12. The van der Waals surface area contributed by atoms with Crippen LogP contribution in [0.1, 0.15) is 25.3 Å². The molecule has 0 aliphatic carbocycles. The molecule has 2 aliphatic heterocycles. The molecule has 7 nitrogen and oxygen atoms in total. The van der Waals surface area contributed by atoms with Crippen LogP contribution in [0.2, 0.25) is 0 Å². The maximum absolute atomic E-state index is 12.8. The number of hydrogen-bond donors (Lipinski definition) is 1. The van der Waals surface area contributed by atoms with Gasteiger partial charge in [0.15, 0.2) is 11.3 Å². The number of piperazine rings is 1. The third kappa shape index (κ3) is 4.79. The summed E-state index contributed by atoms with van der Waals surface area (Å²) < 4.78 is 17.9. The fourth-order valence-electron chi connectivity index (χ4n) is 4.30. The van der Waals surface area contributed by atoms with Gasteiger partial charge in [-0.2, -0.15) is 0 Å². The van der Waals surface area contributed by atoms with Crippen LogP contribution in [0.4, 0.5) is 5.88 Å². The summed E-state index contributed by atoms with van der Waals surface area (Å²) in [6, 6.07) is 5.82. The Morgan fingerprint density at radius 1 is 1.23 bits per heavy atom. The first kappa shape index (κ1) is 21.2. The molecule has 1 unspecified atom stereocenters. The Morgan fingerprint density at radius 3 is 2.83 bits per heavy atom. The van der Waals surface area contributed by atoms with Crippen molar-refractivity contribution in [2.45, 2.75) is 32.2 Å². The number of likely N-dealkylation sites (N-methyl/N-ethyl adjacent to an activating group) is 1. The van der Waals surface area contributed by atoms with Crippen LogP contribution in [0.25, 0.3) is 11.0 Å². The molecule has 2 aliphatic rings. The zero-order chi connectivity index (χ0) is 20.9. The molecule has 0 spiro atoms. The molecule has 0 radical (unpaired) electrons. The van der Waals surface area contributed by atoms with Crippen LogP contribution in [0.15, 0.2) is 27.4 Å². The van der Waals surface area contributed by atoms with Gasteiger partial charge < -0.3 is 29.0 Å². The van der Waals surface area contributed by atoms with Crippen molar-refractivity contribution in [3.63, 3.8) is 0 Å². The van der Waals surface area contributed by atoms with Gasteiger partial charge in [0.2, 0.25) is 0 Å². The predicted molar refractivity (Wildman–Crippen MR) is 119 cm³/mol. The van der Waals surface area contributed by atoms with Crippen LogP contribution in [0.5, 0.6) is 5.75 Å². The third-order valence-electron chi connectivity index (χ3n) is 5.95. The van der Waals surface area contributed by atoms with Crippen LogP contribution in [0, 0.1) is 0 Å². The highest BCUT2D eigenvalue weighted by Crippen LogP contribution is 2.31. The number of hydrogen-bond acceptors (Lipinski definition) is 7. The zero-order valence-corrected chi connectivity index (χ0v) is 18.1. The van der Waals surface area contributed by atoms with Gasteiger partial charge in [0, 0.05) is 50.4 Å². The largest absolute Gasteiger partial charge is 0.493 e. The van der Waals surface area contributed by atoms with E-state index in [0.717, 1.165) is 63.3 Å². The molecule has 30 heavy (non-hydrogen) atoms. The number of anilines is 1. The van der Waals surface area contributed by atoms with Gasteiger partial charge in [-0.05, 0) is 32.0 Å². The summed E-state index contributed by atoms with van der Waals surface area (Å²) in [4.78, 5) is 17.2. The van der Waals surface area contributed by atoms with Gasteiger partial charge in [0.05, 0.1) is 25.2 Å². The van der Waals surface area contributed by atoms with E-state index in [1.165, 1.54) is 0 Å². The van der Waals surface area contributed by atoms with E-state index in [2.05, 4.69) is 29.1 Å². The Bertz CT molecular complexity index is 907. The Morgan fingerprint density at radius 2 is 2.07 bits per heavy atom. The maximum atomic E-state index is 12.8. The highest BCUT2D eigenvalue weighted by atomic mass is 16.5. The zero-order valence-electron chi connectivity index (χ0n) is 18.1. The second-order valence-electron chi connectivity index (χ2n) is 8.27. The van der Waals surface area contributed by atoms with E-state index >= 15 is 0 Å². The molecule has 0 bridgehead atoms. The number of fused-ring (bicyclic) bond motifs is 1. The summed E-state index contributed by atoms with van der Waals surface area (Å²) in [6.07, 6.45) is 2.72. The van der Waals surface area contributed by atoms with Crippen LogP contribution in [0.3, 0.4) is 0 Å². The fraction of sp³-hybridized carbons (Fsp3) is 0.609. The van der Waals surface area contributed by atoms with E-state index < -0.39 is 0 Å². The molecular formula is C23H33N3O4. The molecule has 7 heteroatoms. The third-order valence-corrected chi connectivity index (χ3v) is 5.95. The van der Waals surface area contributed by atoms with E-state index in [9.17, 15) is 4.79 Å². The van der Waals surface area contributed by atoms with Crippen molar-refractivity contribution in [1.82, 2.24) is 10.2 Å². The molecule has 0 saturated carbocycles. The summed E-state index contributed by atoms with van der Waals surface area (Å²) in [7, 11) is 2.16. The standard InChI is InChI=1S/C23H33N3O4/c1-3-4-19-21(29-12-7-17-16-25(2)9-8-24-17)6-5-18-20(27)15-22(30-23(18)19)26-10-13-28-14-11-26/h5-6,15,17,24H,3-4,7-14,16H2,1-2H3. The normalized spacial score (nSPS) is 20.6. The van der Waals surface area contributed by atoms with Crippen LogP contribution >= 0.6 is 0 Å². The van der Waals surface area contributed by atoms with Crippen molar-refractivity contribution in [3.8, 4) is 5.75 Å². The number of morpholine rings is 1. The first-order chi connectivity index (χ1) is 14.7. The summed E-state index contributed by atoms with van der Waals surface area (Å²) in [5.74, 6) is 1.45. The lowest BCUT2D eigenvalue weighted by Crippen LogP contribution is -2.49. The Labute approximate surface area is 177 Å². The average molecular weight is 416 g/mol. The summed E-state index contributed by atoms with van der Waals surface area (Å²) >= 11 is 0. The van der Waals surface area contributed by atoms with Gasteiger partial charge in [0.25, 0.3) is 0 Å². The van der Waals surface area contributed by atoms with Gasteiger partial charge in [0.1, 0.15) is 11.3 Å². The van der Waals surface area contributed by atoms with E-state index in [-0.39, 0.29) is 5.43 Å². The summed E-state index contributed by atoms with van der Waals surface area (Å²) in [5, 5.41) is 4.18. The quantitative estimate of drug-likeness (QED) is 0.744. The lowest BCUT2D eigenvalue weighted by molar-refractivity contribution is 0.121. The van der Waals surface area contributed by atoms with Crippen molar-refractivity contribution in [2.75, 3.05) is 64.5 Å². The van der Waals surface area contributed by atoms with Gasteiger partial charge in [-0.25, -0.2) is 0 Å². The first-order valence-electron chi connectivity index (χ1n) is 11.1. The minimum atomic E-state index is -0.00362. The second-order valence-corrected chi connectivity index (χ2v) is 8.27. The van der Waals surface area contributed by atoms with Gasteiger partial charge >= 0.3 is 0 Å². The molecule has 164 valence electrons. The molecule has 2 saturated heterocycles. The van der Waals surface area contributed by atoms with Crippen molar-refractivity contribution in [1.29, 1.82) is 0 Å². The number of nitrogens with one attached hydrogen (secondary N) is 1. The average Bonchev–Trinajstić information content (AvgIpc) is 2.76. The molecule has 2 aromatic rings. The Balaban J connectivity index is 1.57. The monoisotopic (exact) mass is 415 g/mol. The fourth-order valence-corrected chi connectivity index (χ4v) is 4.30. The maximum Gasteiger partial charge on any atom is 0.200 e. The number of rotatable bonds is 7. The van der Waals surface area contributed by atoms with E-state index in [1.54, 1.807) is 6.07 Å². The molecule has 1 N–H and O–H groups in total. The molecule has 3 heterocycles. The predicted octanol–water partition coefficient (Wildman–Crippen LogP) is 2.25. The topological polar surface area (TPSA) is 67.2 Å². The van der Waals surface area contributed by atoms with Crippen molar-refractivity contribution >= 4 is 16.9 Å². The Hall–Kier alpha value is -2.09. The second kappa shape index (κ2) is 9.81. The number of benzene rings is 1. The lowest BCUT2D eigenvalue weighted by atomic mass is 10.0. The van der Waals surface area contributed by atoms with Gasteiger partial charge in [-0.3, -0.25) is 4.79 Å². The first-order valence-corrected chi connectivity index (χ1v) is 11.1. The molecule has 1 aromatic heterocycles. The van der Waals surface area contributed by atoms with E-state index in [4.69, 9.17) is 13.9 Å². The minimum Gasteiger partial charge on any atom is -0.493 e. The summed E-state index contributed by atoms with van der Waals surface area (Å²) in [6.45, 7) is 8.69. The smallest absolute Gasteiger partial charge is 0.200 e. The summed E-state index contributed by atoms with van der Waals surface area (Å²) in [5.41, 5.74) is 1.66. The molecule has 1 atom stereocenters. The molecule has 2 fully saturated rings. The Kier molecular flexibility index (Phi) is 6.92. The van der Waals surface area contributed by atoms with Crippen LogP contribution in [-0.4, -0.2) is 70.5 Å². The van der Waals surface area contributed by atoms with Crippen molar-refractivity contribution in [2.24, 2.45) is 0 Å². The van der Waals surface area contributed by atoms with E-state index in [1.807, 2.05) is 12.1 Å². The number of ether oxygens (including phenoxy) is 2. The van der Waals surface area contributed by atoms with Crippen LogP contribution in [-0.2, 0) is 11.2 Å². The molecule has 0 amide bonds. The number of aryl methyl sites for hydroxylation is 1. The highest BCUT2D eigenvalue weighted by Gasteiger charge is 2.20. The van der Waals surface area contributed by atoms with Gasteiger partial charge in [-0.1, -0.05) is 13.3 Å². The molecule has 1 aromatic carbocycles. The molecule has 4 rings (SSSR count). The van der Waals surface area contributed by atoms with Crippen LogP contribution < -0.4 is 20.4 Å².